The second kappa shape index (κ2) is 9.46. The highest BCUT2D eigenvalue weighted by molar-refractivity contribution is 14.1. The highest BCUT2D eigenvalue weighted by Crippen LogP contribution is 2.38. The summed E-state index contributed by atoms with van der Waals surface area (Å²) in [7, 11) is 1.51. The van der Waals surface area contributed by atoms with Crippen LogP contribution in [0.1, 0.15) is 34.1 Å². The molecule has 1 unspecified atom stereocenters. The highest BCUT2D eigenvalue weighted by Gasteiger charge is 2.38. The Hall–Kier alpha value is -0.560. The van der Waals surface area contributed by atoms with E-state index < -0.39 is 5.41 Å². The van der Waals surface area contributed by atoms with E-state index in [-0.39, 0.29) is 17.0 Å². The van der Waals surface area contributed by atoms with Crippen LogP contribution in [-0.4, -0.2) is 26.4 Å². The lowest BCUT2D eigenvalue weighted by Gasteiger charge is -2.31. The monoisotopic (exact) mass is 427 g/mol. The van der Waals surface area contributed by atoms with Gasteiger partial charge in [0.05, 0.1) is 19.1 Å². The first-order chi connectivity index (χ1) is 9.72. The standard InChI is InChI=1S/C15H23ClINO3/c1-7-21-14(19)15(4,10(2)3)9-11(17)8-12(20-6)13(16)18-5/h8,10H,5,7,9H2,1-4,6H3/b11-8-,13-12+. The Balaban J connectivity index is 5.37. The van der Waals surface area contributed by atoms with E-state index >= 15 is 0 Å². The molecule has 0 aromatic heterocycles. The molecule has 0 N–H and O–H groups in total. The summed E-state index contributed by atoms with van der Waals surface area (Å²) >= 11 is 8.08. The summed E-state index contributed by atoms with van der Waals surface area (Å²) in [6.45, 7) is 11.5. The Morgan fingerprint density at radius 3 is 2.48 bits per heavy atom. The lowest BCUT2D eigenvalue weighted by Crippen LogP contribution is -2.35. The van der Waals surface area contributed by atoms with Crippen LogP contribution in [0, 0.1) is 11.3 Å². The molecule has 0 saturated carbocycles. The summed E-state index contributed by atoms with van der Waals surface area (Å²) in [5.41, 5.74) is -0.601. The molecule has 0 aromatic rings. The SMILES string of the molecule is C=N/C(Cl)=C(\C=C(/I)CC(C)(C(=O)OCC)C(C)C)OC. The number of carbonyl (C=O) groups is 1. The molecule has 0 aliphatic carbocycles. The van der Waals surface area contributed by atoms with Crippen LogP contribution >= 0.6 is 34.2 Å². The zero-order valence-corrected chi connectivity index (χ0v) is 16.1. The van der Waals surface area contributed by atoms with Gasteiger partial charge in [0.2, 0.25) is 0 Å². The quantitative estimate of drug-likeness (QED) is 0.141. The molecular formula is C15H23ClINO3. The second-order valence-corrected chi connectivity index (χ2v) is 6.82. The third-order valence-electron chi connectivity index (χ3n) is 3.40. The van der Waals surface area contributed by atoms with Crippen LogP contribution in [0.5, 0.6) is 0 Å². The molecule has 120 valence electrons. The van der Waals surface area contributed by atoms with Crippen LogP contribution in [0.15, 0.2) is 25.6 Å². The normalized spacial score (nSPS) is 16.1. The van der Waals surface area contributed by atoms with Gasteiger partial charge in [-0.1, -0.05) is 25.4 Å². The van der Waals surface area contributed by atoms with Crippen molar-refractivity contribution in [2.24, 2.45) is 16.3 Å². The van der Waals surface area contributed by atoms with Crippen molar-refractivity contribution < 1.29 is 14.3 Å². The van der Waals surface area contributed by atoms with E-state index in [4.69, 9.17) is 21.1 Å². The van der Waals surface area contributed by atoms with Gasteiger partial charge in [-0.05, 0) is 65.2 Å². The zero-order valence-electron chi connectivity index (χ0n) is 13.2. The van der Waals surface area contributed by atoms with Crippen molar-refractivity contribution in [1.29, 1.82) is 0 Å². The number of aliphatic imine (C=N–C) groups is 1. The number of halogens is 2. The smallest absolute Gasteiger partial charge is 0.312 e. The fourth-order valence-electron chi connectivity index (χ4n) is 1.63. The summed E-state index contributed by atoms with van der Waals surface area (Å²) in [5, 5.41) is 0.189. The molecule has 4 nitrogen and oxygen atoms in total. The predicted molar refractivity (Wildman–Crippen MR) is 95.7 cm³/mol. The average Bonchev–Trinajstić information content (AvgIpc) is 2.43. The number of rotatable bonds is 8. The van der Waals surface area contributed by atoms with Crippen molar-refractivity contribution in [3.63, 3.8) is 0 Å². The Morgan fingerprint density at radius 1 is 1.52 bits per heavy atom. The molecule has 0 aliphatic heterocycles. The molecule has 6 heteroatoms. The van der Waals surface area contributed by atoms with Gasteiger partial charge in [-0.2, -0.15) is 0 Å². The minimum Gasteiger partial charge on any atom is -0.494 e. The molecule has 0 aromatic carbocycles. The maximum atomic E-state index is 12.2. The summed E-state index contributed by atoms with van der Waals surface area (Å²) in [6, 6.07) is 0. The molecule has 0 spiro atoms. The molecule has 0 saturated heterocycles. The lowest BCUT2D eigenvalue weighted by atomic mass is 9.76. The van der Waals surface area contributed by atoms with Gasteiger partial charge in [0.1, 0.15) is 0 Å². The first-order valence-corrected chi connectivity index (χ1v) is 8.12. The van der Waals surface area contributed by atoms with Gasteiger partial charge < -0.3 is 9.47 Å². The van der Waals surface area contributed by atoms with Crippen LogP contribution in [-0.2, 0) is 14.3 Å². The van der Waals surface area contributed by atoms with E-state index in [1.807, 2.05) is 20.8 Å². The van der Waals surface area contributed by atoms with Crippen LogP contribution in [0.2, 0.25) is 0 Å². The Morgan fingerprint density at radius 2 is 2.10 bits per heavy atom. The maximum absolute atomic E-state index is 12.2. The van der Waals surface area contributed by atoms with E-state index in [0.717, 1.165) is 3.58 Å². The van der Waals surface area contributed by atoms with Crippen molar-refractivity contribution in [3.8, 4) is 0 Å². The highest BCUT2D eigenvalue weighted by atomic mass is 127. The Labute approximate surface area is 145 Å². The van der Waals surface area contributed by atoms with Crippen molar-refractivity contribution in [2.75, 3.05) is 13.7 Å². The van der Waals surface area contributed by atoms with Crippen molar-refractivity contribution in [2.45, 2.75) is 34.1 Å². The molecule has 0 bridgehead atoms. The lowest BCUT2D eigenvalue weighted by molar-refractivity contribution is -0.157. The van der Waals surface area contributed by atoms with Gasteiger partial charge in [-0.3, -0.25) is 4.79 Å². The summed E-state index contributed by atoms with van der Waals surface area (Å²) < 4.78 is 11.3. The number of methoxy groups -OCH3 is 1. The number of allylic oxidation sites excluding steroid dienone is 2. The third-order valence-corrected chi connectivity index (χ3v) is 4.40. The van der Waals surface area contributed by atoms with Gasteiger partial charge in [0.25, 0.3) is 0 Å². The number of carbonyl (C=O) groups excluding carboxylic acids is 1. The molecular weight excluding hydrogens is 405 g/mol. The predicted octanol–water partition coefficient (Wildman–Crippen LogP) is 4.68. The molecule has 0 radical (unpaired) electrons. The average molecular weight is 428 g/mol. The van der Waals surface area contributed by atoms with Gasteiger partial charge in [-0.25, -0.2) is 4.99 Å². The van der Waals surface area contributed by atoms with E-state index in [1.54, 1.807) is 13.0 Å². The fourth-order valence-corrected chi connectivity index (χ4v) is 2.84. The van der Waals surface area contributed by atoms with E-state index in [2.05, 4.69) is 34.3 Å². The summed E-state index contributed by atoms with van der Waals surface area (Å²) in [6.07, 6.45) is 2.30. The molecule has 0 aliphatic rings. The first-order valence-electron chi connectivity index (χ1n) is 6.66. The molecule has 1 atom stereocenters. The molecule has 21 heavy (non-hydrogen) atoms. The van der Waals surface area contributed by atoms with E-state index in [0.29, 0.717) is 18.8 Å². The first kappa shape index (κ1) is 20.4. The fraction of sp³-hybridized carbons (Fsp3) is 0.600. The number of hydrogen-bond acceptors (Lipinski definition) is 4. The van der Waals surface area contributed by atoms with Gasteiger partial charge in [-0.15, -0.1) is 0 Å². The van der Waals surface area contributed by atoms with Gasteiger partial charge >= 0.3 is 5.97 Å². The number of nitrogens with zero attached hydrogens (tertiary/aromatic N) is 1. The third kappa shape index (κ3) is 5.98. The Kier molecular flexibility index (Phi) is 9.20. The van der Waals surface area contributed by atoms with Crippen molar-refractivity contribution in [1.82, 2.24) is 0 Å². The number of hydrogen-bond donors (Lipinski definition) is 0. The minimum atomic E-state index is -0.601. The van der Waals surface area contributed by atoms with Crippen LogP contribution in [0.25, 0.3) is 0 Å². The summed E-state index contributed by atoms with van der Waals surface area (Å²) in [5.74, 6) is 0.363. The summed E-state index contributed by atoms with van der Waals surface area (Å²) in [4.78, 5) is 15.9. The van der Waals surface area contributed by atoms with Crippen molar-refractivity contribution in [3.05, 3.63) is 20.6 Å². The number of ether oxygens (including phenoxy) is 2. The maximum Gasteiger partial charge on any atom is 0.312 e. The Bertz CT molecular complexity index is 446. The minimum absolute atomic E-state index is 0.137. The van der Waals surface area contributed by atoms with Crippen LogP contribution in [0.3, 0.4) is 0 Å². The van der Waals surface area contributed by atoms with E-state index in [1.165, 1.54) is 7.11 Å². The second-order valence-electron chi connectivity index (χ2n) is 5.08. The molecule has 0 heterocycles. The van der Waals surface area contributed by atoms with Crippen molar-refractivity contribution >= 4 is 46.9 Å². The largest absolute Gasteiger partial charge is 0.494 e. The van der Waals surface area contributed by atoms with Gasteiger partial charge in [0, 0.05) is 0 Å². The van der Waals surface area contributed by atoms with Crippen LogP contribution < -0.4 is 0 Å². The molecule has 0 rings (SSSR count). The van der Waals surface area contributed by atoms with Gasteiger partial charge in [0.15, 0.2) is 10.9 Å². The zero-order chi connectivity index (χ0) is 16.6. The van der Waals surface area contributed by atoms with E-state index in [9.17, 15) is 4.79 Å². The topological polar surface area (TPSA) is 47.9 Å². The number of esters is 1. The molecule has 0 amide bonds. The van der Waals surface area contributed by atoms with Crippen LogP contribution in [0.4, 0.5) is 0 Å². The molecule has 0 fully saturated rings.